The van der Waals surface area contributed by atoms with Crippen LogP contribution in [0.5, 0.6) is 0 Å². The molecule has 244 valence electrons. The van der Waals surface area contributed by atoms with Crippen molar-refractivity contribution in [3.8, 4) is 0 Å². The van der Waals surface area contributed by atoms with Gasteiger partial charge in [0.05, 0.1) is 5.56 Å². The Labute approximate surface area is 263 Å². The summed E-state index contributed by atoms with van der Waals surface area (Å²) in [5, 5.41) is 23.6. The Kier molecular flexibility index (Phi) is 10.6. The second-order valence-electron chi connectivity index (χ2n) is 10.4. The second kappa shape index (κ2) is 14.2. The minimum Gasteiger partial charge on any atom is -0.476 e. The van der Waals surface area contributed by atoms with Gasteiger partial charge in [-0.25, -0.2) is 14.8 Å². The molecule has 1 saturated heterocycles. The molecule has 1 amide bonds. The molecular formula is C30H27ClF6N5O4+. The zero-order valence-electron chi connectivity index (χ0n) is 23.7. The summed E-state index contributed by atoms with van der Waals surface area (Å²) < 4.78 is 79.3. The number of aromatic nitrogens is 2. The first-order chi connectivity index (χ1) is 21.6. The molecule has 9 nitrogen and oxygen atoms in total. The second-order valence-corrected chi connectivity index (χ2v) is 10.8. The molecule has 16 heteroatoms. The lowest BCUT2D eigenvalue weighted by Gasteiger charge is -2.31. The maximum atomic E-state index is 13.3. The number of carboxylic acids is 1. The van der Waals surface area contributed by atoms with E-state index < -0.39 is 59.0 Å². The highest BCUT2D eigenvalue weighted by Crippen LogP contribution is 2.31. The molecule has 0 saturated carbocycles. The standard InChI is InChI=1S/C30H26ClF6N5O4/c31-21-6-4-17(5-7-21)15-23(27(45)46)40-26(44)22(16-18-2-1-3-20(14-18)29(32,33)34)39-25(43)19-9-12-42(13-10-19)28-38-11-8-24(41-28)30(35,36)37/h1-8,11,14,16,19,23H,9-10,12-13,15H2,(H,39,43)(H,40,44)(H,45,46)/p+1/b22-16+/t23-/m0/s1. The number of benzene rings is 2. The van der Waals surface area contributed by atoms with E-state index in [0.717, 1.165) is 36.5 Å². The molecule has 1 aliphatic heterocycles. The van der Waals surface area contributed by atoms with Crippen LogP contribution in [0.3, 0.4) is 0 Å². The van der Waals surface area contributed by atoms with Crippen LogP contribution < -0.4 is 15.2 Å². The molecule has 0 unspecified atom stereocenters. The monoisotopic (exact) mass is 670 g/mol. The number of anilines is 1. The molecule has 2 aromatic carbocycles. The third kappa shape index (κ3) is 9.19. The van der Waals surface area contributed by atoms with E-state index >= 15 is 0 Å². The number of aliphatic hydroxyl groups excluding tert-OH is 1. The Morgan fingerprint density at radius 2 is 1.70 bits per heavy atom. The Bertz CT molecular complexity index is 1620. The predicted molar refractivity (Wildman–Crippen MR) is 155 cm³/mol. The SMILES string of the molecule is O=C(N/C(=C/c1cccc(C(F)(F)F)c1)C(O)=[NH+][C@@H](Cc1ccc(Cl)cc1)C(=O)O)C1CCN(c2nccc(C(F)(F)F)n2)CC1. The number of amides is 1. The van der Waals surface area contributed by atoms with E-state index in [1.54, 1.807) is 24.3 Å². The van der Waals surface area contributed by atoms with Crippen molar-refractivity contribution < 1.29 is 51.1 Å². The fourth-order valence-electron chi connectivity index (χ4n) is 4.67. The number of carboxylic acid groups (broad SMARTS) is 1. The van der Waals surface area contributed by atoms with Gasteiger partial charge in [0.2, 0.25) is 11.9 Å². The lowest BCUT2D eigenvalue weighted by atomic mass is 9.96. The van der Waals surface area contributed by atoms with Gasteiger partial charge in [-0.15, -0.1) is 0 Å². The molecule has 3 aromatic rings. The summed E-state index contributed by atoms with van der Waals surface area (Å²) in [6.45, 7) is 0.227. The van der Waals surface area contributed by atoms with E-state index in [-0.39, 0.29) is 43.9 Å². The van der Waals surface area contributed by atoms with Crippen LogP contribution in [-0.2, 0) is 28.4 Å². The van der Waals surface area contributed by atoms with Crippen molar-refractivity contribution in [1.82, 2.24) is 15.3 Å². The van der Waals surface area contributed by atoms with E-state index in [1.807, 2.05) is 0 Å². The zero-order chi connectivity index (χ0) is 33.6. The molecule has 0 bridgehead atoms. The number of alkyl halides is 6. The number of hydrogen-bond donors (Lipinski definition) is 4. The van der Waals surface area contributed by atoms with Crippen molar-refractivity contribution in [2.45, 2.75) is 37.7 Å². The van der Waals surface area contributed by atoms with Gasteiger partial charge in [-0.2, -0.15) is 31.3 Å². The Hall–Kier alpha value is -4.66. The number of piperidine rings is 1. The summed E-state index contributed by atoms with van der Waals surface area (Å²) >= 11 is 5.88. The van der Waals surface area contributed by atoms with Gasteiger partial charge in [-0.3, -0.25) is 4.79 Å². The van der Waals surface area contributed by atoms with Crippen molar-refractivity contribution in [3.63, 3.8) is 0 Å². The maximum absolute atomic E-state index is 13.3. The third-order valence-corrected chi connectivity index (χ3v) is 7.33. The lowest BCUT2D eigenvalue weighted by molar-refractivity contribution is -0.497. The van der Waals surface area contributed by atoms with Gasteiger partial charge in [-0.1, -0.05) is 35.9 Å². The minimum absolute atomic E-state index is 0.0560. The van der Waals surface area contributed by atoms with Crippen molar-refractivity contribution in [2.24, 2.45) is 5.92 Å². The summed E-state index contributed by atoms with van der Waals surface area (Å²) in [7, 11) is 0. The summed E-state index contributed by atoms with van der Waals surface area (Å²) in [5.41, 5.74) is -2.01. The fraction of sp³-hybridized carbons (Fsp3) is 0.300. The van der Waals surface area contributed by atoms with Crippen LogP contribution in [0.2, 0.25) is 5.02 Å². The van der Waals surface area contributed by atoms with Crippen molar-refractivity contribution in [2.75, 3.05) is 18.0 Å². The van der Waals surface area contributed by atoms with E-state index in [9.17, 15) is 46.1 Å². The Morgan fingerprint density at radius 3 is 2.30 bits per heavy atom. The van der Waals surface area contributed by atoms with Crippen molar-refractivity contribution in [1.29, 1.82) is 0 Å². The highest BCUT2D eigenvalue weighted by molar-refractivity contribution is 6.30. The molecule has 4 N–H and O–H groups in total. The maximum Gasteiger partial charge on any atom is 0.433 e. The van der Waals surface area contributed by atoms with Crippen molar-refractivity contribution >= 4 is 41.4 Å². The van der Waals surface area contributed by atoms with Crippen LogP contribution in [0.4, 0.5) is 32.3 Å². The molecule has 1 aliphatic rings. The molecule has 1 fully saturated rings. The van der Waals surface area contributed by atoms with E-state index in [1.165, 1.54) is 11.0 Å². The molecule has 2 heterocycles. The molecule has 46 heavy (non-hydrogen) atoms. The van der Waals surface area contributed by atoms with Crippen LogP contribution in [-0.4, -0.2) is 57.1 Å². The molecule has 4 rings (SSSR count). The highest BCUT2D eigenvalue weighted by Gasteiger charge is 2.35. The van der Waals surface area contributed by atoms with E-state index in [2.05, 4.69) is 20.3 Å². The van der Waals surface area contributed by atoms with Crippen LogP contribution in [0.25, 0.3) is 6.08 Å². The van der Waals surface area contributed by atoms with E-state index in [4.69, 9.17) is 11.6 Å². The number of nitrogens with zero attached hydrogens (tertiary/aromatic N) is 3. The number of hydrogen-bond acceptors (Lipinski definition) is 5. The van der Waals surface area contributed by atoms with Gasteiger partial charge in [0.15, 0.2) is 5.70 Å². The average Bonchev–Trinajstić information content (AvgIpc) is 3.00. The van der Waals surface area contributed by atoms with Crippen molar-refractivity contribution in [3.05, 3.63) is 93.9 Å². The van der Waals surface area contributed by atoms with Crippen LogP contribution in [0.1, 0.15) is 35.2 Å². The molecule has 0 radical (unpaired) electrons. The first kappa shape index (κ1) is 34.2. The van der Waals surface area contributed by atoms with Gasteiger partial charge in [0, 0.05) is 36.6 Å². The highest BCUT2D eigenvalue weighted by atomic mass is 35.5. The summed E-state index contributed by atoms with van der Waals surface area (Å²) in [5.74, 6) is -3.71. The quantitative estimate of drug-likeness (QED) is 0.152. The van der Waals surface area contributed by atoms with Gasteiger partial charge in [0.25, 0.3) is 6.04 Å². The van der Waals surface area contributed by atoms with Gasteiger partial charge in [-0.05, 0) is 60.4 Å². The Balaban J connectivity index is 1.57. The fourth-order valence-corrected chi connectivity index (χ4v) is 4.80. The van der Waals surface area contributed by atoms with Gasteiger partial charge >= 0.3 is 24.2 Å². The zero-order valence-corrected chi connectivity index (χ0v) is 24.5. The topological polar surface area (TPSA) is 130 Å². The third-order valence-electron chi connectivity index (χ3n) is 7.08. The number of nitrogens with one attached hydrogen (secondary N) is 2. The van der Waals surface area contributed by atoms with E-state index in [0.29, 0.717) is 10.6 Å². The minimum atomic E-state index is -4.68. The van der Waals surface area contributed by atoms with Gasteiger partial charge < -0.3 is 20.4 Å². The number of rotatable bonds is 9. The number of halogens is 7. The van der Waals surface area contributed by atoms with Crippen LogP contribution in [0.15, 0.2) is 66.5 Å². The number of aliphatic carboxylic acids is 1. The molecule has 0 spiro atoms. The number of aliphatic hydroxyl groups is 1. The molecular weight excluding hydrogens is 644 g/mol. The largest absolute Gasteiger partial charge is 0.476 e. The normalized spacial score (nSPS) is 15.8. The van der Waals surface area contributed by atoms with Crippen LogP contribution in [0, 0.1) is 5.92 Å². The van der Waals surface area contributed by atoms with Crippen LogP contribution >= 0.6 is 11.6 Å². The molecule has 0 aliphatic carbocycles. The molecule has 1 atom stereocenters. The summed E-state index contributed by atoms with van der Waals surface area (Å²) in [6, 6.07) is 9.62. The number of carbonyl (C=O) groups excluding carboxylic acids is 1. The average molecular weight is 671 g/mol. The molecule has 1 aromatic heterocycles. The first-order valence-electron chi connectivity index (χ1n) is 13.7. The predicted octanol–water partition coefficient (Wildman–Crippen LogP) is 4.27. The first-order valence-corrected chi connectivity index (χ1v) is 14.1. The smallest absolute Gasteiger partial charge is 0.433 e. The van der Waals surface area contributed by atoms with Gasteiger partial charge in [0.1, 0.15) is 5.69 Å². The lowest BCUT2D eigenvalue weighted by Crippen LogP contribution is -2.83. The number of carbonyl (C=O) groups is 2. The summed E-state index contributed by atoms with van der Waals surface area (Å²) in [6.07, 6.45) is -7.15. The summed E-state index contributed by atoms with van der Waals surface area (Å²) in [4.78, 5) is 36.7. The Morgan fingerprint density at radius 1 is 1.02 bits per heavy atom.